The first-order valence-corrected chi connectivity index (χ1v) is 6.62. The van der Waals surface area contributed by atoms with Crippen LogP contribution in [0.5, 0.6) is 0 Å². The Morgan fingerprint density at radius 2 is 1.84 bits per heavy atom. The molecular weight excluding hydrogens is 240 g/mol. The molecule has 1 rings (SSSR count). The van der Waals surface area contributed by atoms with Crippen molar-refractivity contribution < 1.29 is 9.59 Å². The van der Waals surface area contributed by atoms with Crippen LogP contribution in [0, 0.1) is 5.92 Å². The number of carbonyl (C=O) groups is 2. The number of benzene rings is 1. The Morgan fingerprint density at radius 3 is 2.37 bits per heavy atom. The highest BCUT2D eigenvalue weighted by Crippen LogP contribution is 2.15. The normalized spacial score (nSPS) is 10.4. The maximum atomic E-state index is 12.0. The summed E-state index contributed by atoms with van der Waals surface area (Å²) < 4.78 is 0. The highest BCUT2D eigenvalue weighted by atomic mass is 16.2. The molecule has 0 aromatic heterocycles. The molecule has 0 bridgehead atoms. The maximum Gasteiger partial charge on any atom is 0.253 e. The lowest BCUT2D eigenvalue weighted by atomic mass is 10.0. The Kier molecular flexibility index (Phi) is 5.55. The third kappa shape index (κ3) is 4.09. The average Bonchev–Trinajstić information content (AvgIpc) is 2.39. The number of hydrogen-bond donors (Lipinski definition) is 1. The summed E-state index contributed by atoms with van der Waals surface area (Å²) in [5.41, 5.74) is 1.25. The van der Waals surface area contributed by atoms with Gasteiger partial charge in [-0.05, 0) is 31.0 Å². The molecule has 1 N–H and O–H groups in total. The summed E-state index contributed by atoms with van der Waals surface area (Å²) in [6.07, 6.45) is 1.64. The van der Waals surface area contributed by atoms with E-state index in [9.17, 15) is 9.59 Å². The summed E-state index contributed by atoms with van der Waals surface area (Å²) in [4.78, 5) is 25.3. The van der Waals surface area contributed by atoms with Crippen LogP contribution in [0.4, 0.5) is 5.69 Å². The smallest absolute Gasteiger partial charge is 0.253 e. The van der Waals surface area contributed by atoms with Crippen LogP contribution >= 0.6 is 0 Å². The molecule has 1 aromatic rings. The summed E-state index contributed by atoms with van der Waals surface area (Å²) >= 11 is 0. The minimum absolute atomic E-state index is 0.0134. The van der Waals surface area contributed by atoms with E-state index in [2.05, 4.69) is 5.32 Å². The van der Waals surface area contributed by atoms with E-state index >= 15 is 0 Å². The molecule has 4 nitrogen and oxygen atoms in total. The lowest BCUT2D eigenvalue weighted by Gasteiger charge is -2.14. The minimum atomic E-state index is -0.0707. The molecule has 0 atom stereocenters. The zero-order valence-electron chi connectivity index (χ0n) is 12.1. The van der Waals surface area contributed by atoms with Gasteiger partial charge >= 0.3 is 0 Å². The number of carbonyl (C=O) groups excluding carboxylic acids is 2. The van der Waals surface area contributed by atoms with Crippen LogP contribution in [0.2, 0.25) is 0 Å². The van der Waals surface area contributed by atoms with Crippen LogP contribution in [0.3, 0.4) is 0 Å². The molecule has 1 aromatic carbocycles. The first-order chi connectivity index (χ1) is 8.99. The Morgan fingerprint density at radius 1 is 1.21 bits per heavy atom. The van der Waals surface area contributed by atoms with Gasteiger partial charge in [-0.25, -0.2) is 0 Å². The van der Waals surface area contributed by atoms with E-state index in [1.54, 1.807) is 38.4 Å². The van der Waals surface area contributed by atoms with Gasteiger partial charge in [-0.3, -0.25) is 9.59 Å². The van der Waals surface area contributed by atoms with Gasteiger partial charge in [0.25, 0.3) is 5.91 Å². The van der Waals surface area contributed by atoms with E-state index < -0.39 is 0 Å². The van der Waals surface area contributed by atoms with Gasteiger partial charge in [-0.1, -0.05) is 19.9 Å². The van der Waals surface area contributed by atoms with Crippen LogP contribution in [-0.2, 0) is 4.79 Å². The van der Waals surface area contributed by atoms with Crippen LogP contribution in [0.25, 0.3) is 0 Å². The highest BCUT2D eigenvalue weighted by Gasteiger charge is 2.15. The predicted molar refractivity (Wildman–Crippen MR) is 77.2 cm³/mol. The minimum Gasteiger partial charge on any atom is -0.345 e. The third-order valence-corrected chi connectivity index (χ3v) is 3.14. The molecule has 0 spiro atoms. The fourth-order valence-corrected chi connectivity index (χ4v) is 1.89. The molecule has 0 aliphatic carbocycles. The Balaban J connectivity index is 2.83. The summed E-state index contributed by atoms with van der Waals surface area (Å²) in [7, 11) is 3.41. The zero-order valence-corrected chi connectivity index (χ0v) is 12.1. The van der Waals surface area contributed by atoms with Crippen LogP contribution in [0.1, 0.15) is 37.0 Å². The maximum absolute atomic E-state index is 12.0. The second-order valence-corrected chi connectivity index (χ2v) is 4.78. The Hall–Kier alpha value is -1.84. The van der Waals surface area contributed by atoms with Crippen LogP contribution in [0.15, 0.2) is 24.3 Å². The molecule has 2 amide bonds. The molecular formula is C15H22N2O2. The number of anilines is 1. The van der Waals surface area contributed by atoms with Crippen LogP contribution < -0.4 is 5.32 Å². The summed E-state index contributed by atoms with van der Waals surface area (Å²) in [5, 5.41) is 2.87. The van der Waals surface area contributed by atoms with Crippen molar-refractivity contribution in [3.63, 3.8) is 0 Å². The topological polar surface area (TPSA) is 49.4 Å². The second-order valence-electron chi connectivity index (χ2n) is 4.78. The standard InChI is InChI=1S/C15H22N2O2/c1-5-11(6-2)14(18)16-13-9-7-8-12(10-13)15(19)17(3)4/h7-11H,5-6H2,1-4H3,(H,16,18). The molecule has 0 unspecified atom stereocenters. The Bertz CT molecular complexity index is 451. The molecule has 104 valence electrons. The quantitative estimate of drug-likeness (QED) is 0.887. The summed E-state index contributed by atoms with van der Waals surface area (Å²) in [5.74, 6) is -0.0358. The largest absolute Gasteiger partial charge is 0.345 e. The van der Waals surface area contributed by atoms with Crippen molar-refractivity contribution in [1.29, 1.82) is 0 Å². The van der Waals surface area contributed by atoms with Crippen molar-refractivity contribution in [2.45, 2.75) is 26.7 Å². The molecule has 0 aliphatic rings. The van der Waals surface area contributed by atoms with Crippen molar-refractivity contribution >= 4 is 17.5 Å². The van der Waals surface area contributed by atoms with E-state index in [4.69, 9.17) is 0 Å². The van der Waals surface area contributed by atoms with Gasteiger partial charge in [-0.2, -0.15) is 0 Å². The first-order valence-electron chi connectivity index (χ1n) is 6.62. The van der Waals surface area contributed by atoms with E-state index in [-0.39, 0.29) is 17.7 Å². The molecule has 0 fully saturated rings. The number of nitrogens with zero attached hydrogens (tertiary/aromatic N) is 1. The van der Waals surface area contributed by atoms with E-state index in [0.29, 0.717) is 11.3 Å². The van der Waals surface area contributed by atoms with Crippen molar-refractivity contribution in [3.05, 3.63) is 29.8 Å². The number of nitrogens with one attached hydrogen (secondary N) is 1. The zero-order chi connectivity index (χ0) is 14.4. The van der Waals surface area contributed by atoms with Crippen molar-refractivity contribution in [3.8, 4) is 0 Å². The highest BCUT2D eigenvalue weighted by molar-refractivity contribution is 5.97. The summed E-state index contributed by atoms with van der Waals surface area (Å²) in [6.45, 7) is 4.00. The Labute approximate surface area is 114 Å². The first kappa shape index (κ1) is 15.2. The SMILES string of the molecule is CCC(CC)C(=O)Nc1cccc(C(=O)N(C)C)c1. The summed E-state index contributed by atoms with van der Waals surface area (Å²) in [6, 6.07) is 7.03. The average molecular weight is 262 g/mol. The van der Waals surface area contributed by atoms with Crippen molar-refractivity contribution in [2.75, 3.05) is 19.4 Å². The van der Waals surface area contributed by atoms with Gasteiger partial charge < -0.3 is 10.2 Å². The fraction of sp³-hybridized carbons (Fsp3) is 0.467. The lowest BCUT2D eigenvalue weighted by Crippen LogP contribution is -2.23. The molecule has 0 saturated carbocycles. The van der Waals surface area contributed by atoms with E-state index in [0.717, 1.165) is 12.8 Å². The van der Waals surface area contributed by atoms with Gasteiger partial charge in [-0.15, -0.1) is 0 Å². The van der Waals surface area contributed by atoms with Gasteiger partial charge in [0.1, 0.15) is 0 Å². The second kappa shape index (κ2) is 6.92. The van der Waals surface area contributed by atoms with E-state index in [1.165, 1.54) is 4.90 Å². The van der Waals surface area contributed by atoms with Gasteiger partial charge in [0.2, 0.25) is 5.91 Å². The molecule has 0 saturated heterocycles. The van der Waals surface area contributed by atoms with Gasteiger partial charge in [0.05, 0.1) is 0 Å². The molecule has 0 heterocycles. The molecule has 19 heavy (non-hydrogen) atoms. The lowest BCUT2D eigenvalue weighted by molar-refractivity contribution is -0.120. The van der Waals surface area contributed by atoms with Gasteiger partial charge in [0.15, 0.2) is 0 Å². The number of amides is 2. The fourth-order valence-electron chi connectivity index (χ4n) is 1.89. The third-order valence-electron chi connectivity index (χ3n) is 3.14. The van der Waals surface area contributed by atoms with Crippen LogP contribution in [-0.4, -0.2) is 30.8 Å². The van der Waals surface area contributed by atoms with Gasteiger partial charge in [0, 0.05) is 31.3 Å². The van der Waals surface area contributed by atoms with Crippen molar-refractivity contribution in [2.24, 2.45) is 5.92 Å². The number of rotatable bonds is 5. The van der Waals surface area contributed by atoms with E-state index in [1.807, 2.05) is 13.8 Å². The molecule has 0 radical (unpaired) electrons. The molecule has 4 heteroatoms. The predicted octanol–water partition coefficient (Wildman–Crippen LogP) is 2.76. The monoisotopic (exact) mass is 262 g/mol. The molecule has 0 aliphatic heterocycles. The number of hydrogen-bond acceptors (Lipinski definition) is 2. The van der Waals surface area contributed by atoms with Crippen molar-refractivity contribution in [1.82, 2.24) is 4.90 Å².